The van der Waals surface area contributed by atoms with Gasteiger partial charge in [0.2, 0.25) is 0 Å². The van der Waals surface area contributed by atoms with Crippen LogP contribution in [0.5, 0.6) is 0 Å². The molecule has 0 bridgehead atoms. The lowest BCUT2D eigenvalue weighted by molar-refractivity contribution is -0.143. The van der Waals surface area contributed by atoms with Crippen molar-refractivity contribution in [2.45, 2.75) is 89.1 Å². The Bertz CT molecular complexity index is 1410. The molecule has 12 heteroatoms. The molecule has 3 aliphatic rings. The second-order valence-electron chi connectivity index (χ2n) is 12.3. The lowest BCUT2D eigenvalue weighted by atomic mass is 9.87. The molecule has 1 saturated carbocycles. The van der Waals surface area contributed by atoms with Gasteiger partial charge in [-0.1, -0.05) is 24.0 Å². The predicted octanol–water partition coefficient (Wildman–Crippen LogP) is 7.66. The van der Waals surface area contributed by atoms with Gasteiger partial charge in [-0.05, 0) is 109 Å². The summed E-state index contributed by atoms with van der Waals surface area (Å²) in [6, 6.07) is 5.95. The van der Waals surface area contributed by atoms with Crippen molar-refractivity contribution in [3.63, 3.8) is 0 Å². The van der Waals surface area contributed by atoms with Crippen LogP contribution in [0.15, 0.2) is 30.3 Å². The number of anilines is 2. The van der Waals surface area contributed by atoms with E-state index in [-0.39, 0.29) is 30.2 Å². The van der Waals surface area contributed by atoms with Gasteiger partial charge >= 0.3 is 12.4 Å². The van der Waals surface area contributed by atoms with Gasteiger partial charge in [0.1, 0.15) is 0 Å². The minimum Gasteiger partial charge on any atom is -0.371 e. The lowest BCUT2D eigenvalue weighted by Gasteiger charge is -2.34. The number of halogens is 6. The second kappa shape index (κ2) is 11.6. The summed E-state index contributed by atoms with van der Waals surface area (Å²) in [5, 5.41) is 12.5. The highest BCUT2D eigenvalue weighted by atomic mass is 19.4. The van der Waals surface area contributed by atoms with E-state index in [1.54, 1.807) is 11.9 Å². The molecule has 1 aliphatic heterocycles. The predicted molar refractivity (Wildman–Crippen MR) is 151 cm³/mol. The smallest absolute Gasteiger partial charge is 0.371 e. The molecule has 1 aromatic heterocycles. The Kier molecular flexibility index (Phi) is 8.06. The maximum atomic E-state index is 13.8. The van der Waals surface area contributed by atoms with Gasteiger partial charge in [0.25, 0.3) is 5.95 Å². The molecule has 0 radical (unpaired) electrons. The Morgan fingerprint density at radius 3 is 2.07 bits per heavy atom. The third kappa shape index (κ3) is 6.47. The summed E-state index contributed by atoms with van der Waals surface area (Å²) in [4.78, 5) is 5.47. The average molecular weight is 607 g/mol. The highest BCUT2D eigenvalue weighted by Gasteiger charge is 2.38. The maximum absolute atomic E-state index is 13.8. The summed E-state index contributed by atoms with van der Waals surface area (Å²) in [5.41, 5.74) is 1.98. The number of alkyl halides is 6. The van der Waals surface area contributed by atoms with Crippen LogP contribution >= 0.6 is 0 Å². The van der Waals surface area contributed by atoms with E-state index in [4.69, 9.17) is 0 Å². The van der Waals surface area contributed by atoms with E-state index in [9.17, 15) is 26.3 Å². The van der Waals surface area contributed by atoms with E-state index in [1.807, 2.05) is 0 Å². The average Bonchev–Trinajstić information content (AvgIpc) is 3.60. The highest BCUT2D eigenvalue weighted by molar-refractivity contribution is 5.62. The fourth-order valence-electron chi connectivity index (χ4n) is 7.12. The first kappa shape index (κ1) is 29.7. The first-order chi connectivity index (χ1) is 20.5. The summed E-state index contributed by atoms with van der Waals surface area (Å²) in [7, 11) is 1.58. The number of nitrogens with zero attached hydrogens (tertiary/aromatic N) is 6. The largest absolute Gasteiger partial charge is 0.416 e. The molecule has 2 heterocycles. The standard InChI is InChI=1S/C31H36F6N6/c1-41-39-29(38-40-41)43(19-21-13-24(30(32,33)34)17-25(14-21)31(35,36)37)27-11-6-12-42(18-20-7-2-3-8-20)28-16-23-10-5-4-9-22(23)15-26(27)28/h13-17,20,27H,2-12,18-19H2,1H3/t27-/m0/s1. The number of aryl methyl sites for hydroxylation is 3. The molecule has 1 fully saturated rings. The number of aromatic nitrogens is 4. The van der Waals surface area contributed by atoms with Crippen molar-refractivity contribution in [3.8, 4) is 0 Å². The molecular formula is C31H36F6N6. The molecule has 0 N–H and O–H groups in total. The van der Waals surface area contributed by atoms with Gasteiger partial charge in [-0.2, -0.15) is 31.1 Å². The number of rotatable bonds is 6. The molecule has 3 aromatic rings. The molecule has 43 heavy (non-hydrogen) atoms. The molecule has 0 amide bonds. The lowest BCUT2D eigenvalue weighted by Crippen LogP contribution is -2.31. The molecule has 2 aliphatic carbocycles. The minimum absolute atomic E-state index is 0.110. The monoisotopic (exact) mass is 606 g/mol. The van der Waals surface area contributed by atoms with E-state index in [0.717, 1.165) is 68.6 Å². The molecule has 0 unspecified atom stereocenters. The Hall–Kier alpha value is -3.31. The zero-order chi connectivity index (χ0) is 30.4. The van der Waals surface area contributed by atoms with Crippen LogP contribution < -0.4 is 9.80 Å². The Balaban J connectivity index is 1.45. The highest BCUT2D eigenvalue weighted by Crippen LogP contribution is 2.43. The number of hydrogen-bond acceptors (Lipinski definition) is 5. The fraction of sp³-hybridized carbons (Fsp3) is 0.581. The summed E-state index contributed by atoms with van der Waals surface area (Å²) in [5.74, 6) is 0.787. The van der Waals surface area contributed by atoms with Gasteiger partial charge in [0.05, 0.1) is 24.2 Å². The van der Waals surface area contributed by atoms with Crippen molar-refractivity contribution >= 4 is 11.6 Å². The van der Waals surface area contributed by atoms with Crippen LogP contribution in [0.3, 0.4) is 0 Å². The molecule has 2 aromatic carbocycles. The van der Waals surface area contributed by atoms with E-state index in [1.165, 1.54) is 41.6 Å². The quantitative estimate of drug-likeness (QED) is 0.270. The van der Waals surface area contributed by atoms with Crippen LogP contribution in [0.2, 0.25) is 0 Å². The Labute approximate surface area is 247 Å². The SMILES string of the molecule is Cn1nnc(N(Cc2cc(C(F)(F)F)cc(C(F)(F)F)c2)[C@H]2CCCN(CC3CCCC3)c3cc4c(cc32)CCCC4)n1. The third-order valence-corrected chi connectivity index (χ3v) is 9.18. The topological polar surface area (TPSA) is 50.1 Å². The van der Waals surface area contributed by atoms with Crippen LogP contribution in [-0.4, -0.2) is 33.3 Å². The van der Waals surface area contributed by atoms with Crippen molar-refractivity contribution in [3.05, 3.63) is 63.7 Å². The normalized spacial score (nSPS) is 19.7. The molecule has 6 rings (SSSR count). The molecular weight excluding hydrogens is 570 g/mol. The Morgan fingerprint density at radius 2 is 1.47 bits per heavy atom. The molecule has 0 spiro atoms. The third-order valence-electron chi connectivity index (χ3n) is 9.18. The number of benzene rings is 2. The van der Waals surface area contributed by atoms with Gasteiger partial charge in [-0.15, -0.1) is 5.10 Å². The minimum atomic E-state index is -4.93. The van der Waals surface area contributed by atoms with Gasteiger partial charge < -0.3 is 9.80 Å². The van der Waals surface area contributed by atoms with Crippen molar-refractivity contribution in [2.24, 2.45) is 13.0 Å². The number of tetrazole rings is 1. The first-order valence-electron chi connectivity index (χ1n) is 15.2. The van der Waals surface area contributed by atoms with Gasteiger partial charge in [0, 0.05) is 25.3 Å². The molecule has 232 valence electrons. The van der Waals surface area contributed by atoms with Crippen LogP contribution in [-0.2, 0) is 38.8 Å². The van der Waals surface area contributed by atoms with Gasteiger partial charge in [-0.3, -0.25) is 0 Å². The van der Waals surface area contributed by atoms with Gasteiger partial charge in [-0.25, -0.2) is 0 Å². The molecule has 0 saturated heterocycles. The molecule has 6 nitrogen and oxygen atoms in total. The zero-order valence-electron chi connectivity index (χ0n) is 24.2. The van der Waals surface area contributed by atoms with Crippen molar-refractivity contribution in [2.75, 3.05) is 22.9 Å². The summed E-state index contributed by atoms with van der Waals surface area (Å²) in [6.45, 7) is 1.55. The number of fused-ring (bicyclic) bond motifs is 2. The fourth-order valence-corrected chi connectivity index (χ4v) is 7.12. The van der Waals surface area contributed by atoms with Crippen LogP contribution in [0.25, 0.3) is 0 Å². The summed E-state index contributed by atoms with van der Waals surface area (Å²) >= 11 is 0. The first-order valence-corrected chi connectivity index (χ1v) is 15.2. The van der Waals surface area contributed by atoms with Crippen LogP contribution in [0.4, 0.5) is 38.0 Å². The Morgan fingerprint density at radius 1 is 0.814 bits per heavy atom. The van der Waals surface area contributed by atoms with Crippen molar-refractivity contribution < 1.29 is 26.3 Å². The summed E-state index contributed by atoms with van der Waals surface area (Å²) in [6.07, 6.45) is 0.643. The van der Waals surface area contributed by atoms with Gasteiger partial charge in [0.15, 0.2) is 0 Å². The maximum Gasteiger partial charge on any atom is 0.416 e. The van der Waals surface area contributed by atoms with E-state index in [2.05, 4.69) is 32.4 Å². The summed E-state index contributed by atoms with van der Waals surface area (Å²) < 4.78 is 82.5. The number of hydrogen-bond donors (Lipinski definition) is 0. The van der Waals surface area contributed by atoms with Crippen molar-refractivity contribution in [1.29, 1.82) is 0 Å². The zero-order valence-corrected chi connectivity index (χ0v) is 24.2. The molecule has 1 atom stereocenters. The van der Waals surface area contributed by atoms with E-state index < -0.39 is 23.5 Å². The van der Waals surface area contributed by atoms with E-state index >= 15 is 0 Å². The van der Waals surface area contributed by atoms with E-state index in [0.29, 0.717) is 12.3 Å². The van der Waals surface area contributed by atoms with Crippen LogP contribution in [0.1, 0.15) is 90.8 Å². The van der Waals surface area contributed by atoms with Crippen molar-refractivity contribution in [1.82, 2.24) is 20.2 Å². The van der Waals surface area contributed by atoms with Crippen LogP contribution in [0, 0.1) is 5.92 Å². The second-order valence-corrected chi connectivity index (χ2v) is 12.3.